The monoisotopic (exact) mass is 390 g/mol. The number of carbonyl (C=O) groups excluding carboxylic acids is 1. The van der Waals surface area contributed by atoms with Gasteiger partial charge < -0.3 is 14.6 Å². The maximum Gasteiger partial charge on any atom is 0.271 e. The summed E-state index contributed by atoms with van der Waals surface area (Å²) < 4.78 is 7.83. The summed E-state index contributed by atoms with van der Waals surface area (Å²) in [5.74, 6) is -0.0631. The normalized spacial score (nSPS) is 16.4. The summed E-state index contributed by atoms with van der Waals surface area (Å²) in [6.45, 7) is 5.51. The van der Waals surface area contributed by atoms with Gasteiger partial charge in [-0.15, -0.1) is 0 Å². The smallest absolute Gasteiger partial charge is 0.271 e. The number of anilines is 1. The van der Waals surface area contributed by atoms with Crippen molar-refractivity contribution in [3.05, 3.63) is 45.8 Å². The molecule has 9 heteroatoms. The number of non-ortho nitro benzene ring substituents is 1. The molecule has 1 fully saturated rings. The molecule has 0 aliphatic carbocycles. The summed E-state index contributed by atoms with van der Waals surface area (Å²) in [5.41, 5.74) is 2.37. The van der Waals surface area contributed by atoms with Crippen LogP contribution in [0.3, 0.4) is 0 Å². The highest BCUT2D eigenvalue weighted by Crippen LogP contribution is 2.25. The van der Waals surface area contributed by atoms with E-state index in [1.807, 2.05) is 13.8 Å². The summed E-state index contributed by atoms with van der Waals surface area (Å²) in [7, 11) is 0. The molecule has 2 aromatic rings. The fourth-order valence-corrected chi connectivity index (χ4v) is 3.87. The number of nitro groups is 1. The second-order valence-corrected chi connectivity index (χ2v) is 7.40. The van der Waals surface area contributed by atoms with Gasteiger partial charge in [0, 0.05) is 30.1 Å². The maximum atomic E-state index is 12.3. The molecule has 0 radical (unpaired) electrons. The molecule has 1 aromatic heterocycles. The first-order chi connectivity index (χ1) is 12.9. The summed E-state index contributed by atoms with van der Waals surface area (Å²) in [6, 6.07) is 5.90. The average molecular weight is 390 g/mol. The van der Waals surface area contributed by atoms with Crippen molar-refractivity contribution in [2.24, 2.45) is 0 Å². The van der Waals surface area contributed by atoms with E-state index in [4.69, 9.17) is 4.74 Å². The van der Waals surface area contributed by atoms with Crippen molar-refractivity contribution in [2.45, 2.75) is 44.5 Å². The lowest BCUT2D eigenvalue weighted by Gasteiger charge is -2.14. The third-order valence-electron chi connectivity index (χ3n) is 4.51. The molecular weight excluding hydrogens is 368 g/mol. The molecule has 27 heavy (non-hydrogen) atoms. The Hall–Kier alpha value is -2.39. The van der Waals surface area contributed by atoms with Crippen LogP contribution in [-0.4, -0.2) is 38.8 Å². The van der Waals surface area contributed by atoms with Crippen LogP contribution in [0.15, 0.2) is 29.4 Å². The van der Waals surface area contributed by atoms with E-state index < -0.39 is 4.92 Å². The lowest BCUT2D eigenvalue weighted by Crippen LogP contribution is -2.18. The number of carbonyl (C=O) groups is 1. The highest BCUT2D eigenvalue weighted by molar-refractivity contribution is 7.99. The van der Waals surface area contributed by atoms with E-state index >= 15 is 0 Å². The lowest BCUT2D eigenvalue weighted by atomic mass is 10.2. The lowest BCUT2D eigenvalue weighted by molar-refractivity contribution is -0.384. The molecule has 1 atom stereocenters. The number of hydrogen-bond acceptors (Lipinski definition) is 6. The zero-order valence-corrected chi connectivity index (χ0v) is 16.1. The summed E-state index contributed by atoms with van der Waals surface area (Å²) in [6.07, 6.45) is 2.30. The van der Waals surface area contributed by atoms with E-state index in [1.165, 1.54) is 23.9 Å². The van der Waals surface area contributed by atoms with Crippen LogP contribution in [0.4, 0.5) is 11.4 Å². The standard InChI is InChI=1S/C18H22N4O4S/c1-12-13(2)21(10-16-7-4-8-26-16)18(19-12)27-11-17(23)20-14-5-3-6-15(9-14)22(24)25/h3,5-6,9,16H,4,7-8,10-11H2,1-2H3,(H,20,23)/t16-/m0/s1. The number of nitrogens with zero attached hydrogens (tertiary/aromatic N) is 3. The Morgan fingerprint density at radius 1 is 1.48 bits per heavy atom. The fourth-order valence-electron chi connectivity index (χ4n) is 2.97. The predicted molar refractivity (Wildman–Crippen MR) is 103 cm³/mol. The zero-order valence-electron chi connectivity index (χ0n) is 15.3. The Labute approximate surface area is 161 Å². The van der Waals surface area contributed by atoms with Crippen LogP contribution in [0.1, 0.15) is 24.2 Å². The van der Waals surface area contributed by atoms with Gasteiger partial charge in [0.15, 0.2) is 5.16 Å². The second-order valence-electron chi connectivity index (χ2n) is 6.46. The van der Waals surface area contributed by atoms with E-state index in [1.54, 1.807) is 12.1 Å². The number of hydrogen-bond donors (Lipinski definition) is 1. The number of amides is 1. The molecule has 1 saturated heterocycles. The molecule has 8 nitrogen and oxygen atoms in total. The van der Waals surface area contributed by atoms with E-state index in [0.717, 1.165) is 42.5 Å². The number of nitro benzene ring substituents is 1. The molecular formula is C18H22N4O4S. The maximum absolute atomic E-state index is 12.3. The number of imidazole rings is 1. The molecule has 1 aliphatic rings. The van der Waals surface area contributed by atoms with Crippen LogP contribution < -0.4 is 5.32 Å². The molecule has 2 heterocycles. The van der Waals surface area contributed by atoms with E-state index in [2.05, 4.69) is 14.9 Å². The van der Waals surface area contributed by atoms with Gasteiger partial charge in [-0.05, 0) is 32.8 Å². The Kier molecular flexibility index (Phi) is 6.12. The highest BCUT2D eigenvalue weighted by atomic mass is 32.2. The van der Waals surface area contributed by atoms with Crippen molar-refractivity contribution < 1.29 is 14.5 Å². The minimum Gasteiger partial charge on any atom is -0.376 e. The van der Waals surface area contributed by atoms with E-state index in [9.17, 15) is 14.9 Å². The first kappa shape index (κ1) is 19.4. The van der Waals surface area contributed by atoms with Crippen molar-refractivity contribution in [1.82, 2.24) is 9.55 Å². The topological polar surface area (TPSA) is 99.3 Å². The minimum absolute atomic E-state index is 0.0567. The van der Waals surface area contributed by atoms with Crippen molar-refractivity contribution in [3.8, 4) is 0 Å². The van der Waals surface area contributed by atoms with Crippen molar-refractivity contribution in [3.63, 3.8) is 0 Å². The SMILES string of the molecule is Cc1nc(SCC(=O)Nc2cccc([N+](=O)[O-])c2)n(C[C@@H]2CCCO2)c1C. The first-order valence-electron chi connectivity index (χ1n) is 8.76. The van der Waals surface area contributed by atoms with Gasteiger partial charge in [0.05, 0.1) is 29.0 Å². The predicted octanol–water partition coefficient (Wildman–Crippen LogP) is 3.32. The molecule has 0 saturated carbocycles. The second kappa shape index (κ2) is 8.53. The third kappa shape index (κ3) is 4.86. The number of benzene rings is 1. The Morgan fingerprint density at radius 2 is 2.30 bits per heavy atom. The molecule has 1 aromatic carbocycles. The van der Waals surface area contributed by atoms with Gasteiger partial charge in [0.1, 0.15) is 0 Å². The van der Waals surface area contributed by atoms with Gasteiger partial charge in [-0.3, -0.25) is 14.9 Å². The van der Waals surface area contributed by atoms with Crippen LogP contribution in [-0.2, 0) is 16.1 Å². The summed E-state index contributed by atoms with van der Waals surface area (Å²) in [4.78, 5) is 27.2. The highest BCUT2D eigenvalue weighted by Gasteiger charge is 2.21. The van der Waals surface area contributed by atoms with Crippen LogP contribution >= 0.6 is 11.8 Å². The number of rotatable bonds is 7. The summed E-state index contributed by atoms with van der Waals surface area (Å²) in [5, 5.41) is 14.3. The van der Waals surface area contributed by atoms with Gasteiger partial charge >= 0.3 is 0 Å². The van der Waals surface area contributed by atoms with Gasteiger partial charge in [-0.1, -0.05) is 17.8 Å². The Bertz CT molecular complexity index is 846. The number of ether oxygens (including phenoxy) is 1. The number of aromatic nitrogens is 2. The quantitative estimate of drug-likeness (QED) is 0.442. The molecule has 0 unspecified atom stereocenters. The molecule has 0 bridgehead atoms. The van der Waals surface area contributed by atoms with Crippen LogP contribution in [0.5, 0.6) is 0 Å². The largest absolute Gasteiger partial charge is 0.376 e. The molecule has 1 N–H and O–H groups in total. The zero-order chi connectivity index (χ0) is 19.4. The summed E-state index contributed by atoms with van der Waals surface area (Å²) >= 11 is 1.35. The molecule has 3 rings (SSSR count). The van der Waals surface area contributed by atoms with Crippen molar-refractivity contribution in [2.75, 3.05) is 17.7 Å². The number of nitrogens with one attached hydrogen (secondary N) is 1. The molecule has 0 spiro atoms. The van der Waals surface area contributed by atoms with Gasteiger partial charge in [0.25, 0.3) is 5.69 Å². The van der Waals surface area contributed by atoms with E-state index in [0.29, 0.717) is 5.69 Å². The fraction of sp³-hybridized carbons (Fsp3) is 0.444. The minimum atomic E-state index is -0.488. The van der Waals surface area contributed by atoms with Gasteiger partial charge in [-0.2, -0.15) is 0 Å². The van der Waals surface area contributed by atoms with Gasteiger partial charge in [0.2, 0.25) is 5.91 Å². The Morgan fingerprint density at radius 3 is 3.00 bits per heavy atom. The molecule has 144 valence electrons. The van der Waals surface area contributed by atoms with Crippen molar-refractivity contribution >= 4 is 29.0 Å². The third-order valence-corrected chi connectivity index (χ3v) is 5.48. The number of aryl methyl sites for hydroxylation is 1. The van der Waals surface area contributed by atoms with Crippen molar-refractivity contribution in [1.29, 1.82) is 0 Å². The van der Waals surface area contributed by atoms with E-state index in [-0.39, 0.29) is 23.5 Å². The van der Waals surface area contributed by atoms with Crippen LogP contribution in [0.25, 0.3) is 0 Å². The molecule has 1 amide bonds. The van der Waals surface area contributed by atoms with Gasteiger partial charge in [-0.25, -0.2) is 4.98 Å². The number of thioether (sulfide) groups is 1. The van der Waals surface area contributed by atoms with Crippen LogP contribution in [0, 0.1) is 24.0 Å². The first-order valence-corrected chi connectivity index (χ1v) is 9.75. The van der Waals surface area contributed by atoms with Crippen LogP contribution in [0.2, 0.25) is 0 Å². The molecule has 1 aliphatic heterocycles. The Balaban J connectivity index is 1.62. The average Bonchev–Trinajstić information content (AvgIpc) is 3.24.